The van der Waals surface area contributed by atoms with E-state index in [2.05, 4.69) is 34.6 Å². The van der Waals surface area contributed by atoms with Crippen LogP contribution in [0.1, 0.15) is 65.9 Å². The minimum absolute atomic E-state index is 0.0358. The largest absolute Gasteiger partial charge is 0.375 e. The van der Waals surface area contributed by atoms with Crippen molar-refractivity contribution in [2.75, 3.05) is 5.73 Å². The normalized spacial score (nSPS) is 19.1. The van der Waals surface area contributed by atoms with Crippen LogP contribution in [-0.4, -0.2) is 38.7 Å². The van der Waals surface area contributed by atoms with Gasteiger partial charge >= 0.3 is 0 Å². The standard InChI is InChI=1S/C19H28N6O2S/c1-4-25-15(9-14(24-25)7-11(2)3)17(26)22-12-5-6-13(8-12)23-18(27)16-10-21-19(20)28-16/h9-13H,4-8H2,1-3H3,(H2,20,21)(H,22,26)(H,23,27)/t12-,13+/m1/s1. The van der Waals surface area contributed by atoms with Gasteiger partial charge in [-0.1, -0.05) is 25.2 Å². The summed E-state index contributed by atoms with van der Waals surface area (Å²) < 4.78 is 1.76. The lowest BCUT2D eigenvalue weighted by Gasteiger charge is -2.14. The van der Waals surface area contributed by atoms with E-state index in [9.17, 15) is 9.59 Å². The van der Waals surface area contributed by atoms with Gasteiger partial charge in [-0.3, -0.25) is 14.3 Å². The van der Waals surface area contributed by atoms with Crippen LogP contribution >= 0.6 is 11.3 Å². The van der Waals surface area contributed by atoms with Crippen molar-refractivity contribution in [2.24, 2.45) is 5.92 Å². The van der Waals surface area contributed by atoms with Gasteiger partial charge in [0, 0.05) is 18.6 Å². The van der Waals surface area contributed by atoms with Gasteiger partial charge < -0.3 is 16.4 Å². The number of aryl methyl sites for hydroxylation is 1. The van der Waals surface area contributed by atoms with E-state index in [4.69, 9.17) is 5.73 Å². The number of aromatic nitrogens is 3. The van der Waals surface area contributed by atoms with Gasteiger partial charge in [0.05, 0.1) is 11.9 Å². The highest BCUT2D eigenvalue weighted by Gasteiger charge is 2.29. The van der Waals surface area contributed by atoms with Gasteiger partial charge in [0.15, 0.2) is 5.13 Å². The number of rotatable bonds is 7. The lowest BCUT2D eigenvalue weighted by atomic mass is 10.1. The maximum atomic E-state index is 12.8. The Balaban J connectivity index is 1.55. The molecule has 0 aromatic carbocycles. The second-order valence-corrected chi connectivity index (χ2v) is 8.71. The number of nitrogens with two attached hydrogens (primary N) is 1. The molecule has 4 N–H and O–H groups in total. The highest BCUT2D eigenvalue weighted by molar-refractivity contribution is 7.17. The molecule has 152 valence electrons. The molecule has 0 spiro atoms. The van der Waals surface area contributed by atoms with Crippen LogP contribution in [0.15, 0.2) is 12.3 Å². The van der Waals surface area contributed by atoms with Gasteiger partial charge in [-0.25, -0.2) is 4.98 Å². The number of hydrogen-bond donors (Lipinski definition) is 3. The molecule has 8 nitrogen and oxygen atoms in total. The molecular formula is C19H28N6O2S. The zero-order valence-electron chi connectivity index (χ0n) is 16.6. The van der Waals surface area contributed by atoms with Crippen LogP contribution in [0, 0.1) is 5.92 Å². The fourth-order valence-corrected chi connectivity index (χ4v) is 4.15. The number of carbonyl (C=O) groups excluding carboxylic acids is 2. The number of carbonyl (C=O) groups is 2. The summed E-state index contributed by atoms with van der Waals surface area (Å²) in [5.41, 5.74) is 7.13. The van der Waals surface area contributed by atoms with Crippen LogP contribution in [-0.2, 0) is 13.0 Å². The van der Waals surface area contributed by atoms with Gasteiger partial charge in [-0.2, -0.15) is 5.10 Å². The molecule has 1 saturated carbocycles. The molecular weight excluding hydrogens is 376 g/mol. The second kappa shape index (κ2) is 8.72. The first-order valence-electron chi connectivity index (χ1n) is 9.75. The summed E-state index contributed by atoms with van der Waals surface area (Å²) in [7, 11) is 0. The molecule has 0 bridgehead atoms. The predicted octanol–water partition coefficient (Wildman–Crippen LogP) is 2.22. The Morgan fingerprint density at radius 2 is 1.96 bits per heavy atom. The first kappa shape index (κ1) is 20.3. The Labute approximate surface area is 168 Å². The third kappa shape index (κ3) is 4.89. The summed E-state index contributed by atoms with van der Waals surface area (Å²) in [6, 6.07) is 1.97. The van der Waals surface area contributed by atoms with Gasteiger partial charge in [-0.15, -0.1) is 0 Å². The van der Waals surface area contributed by atoms with E-state index in [1.807, 2.05) is 13.0 Å². The number of thiazole rings is 1. The van der Waals surface area contributed by atoms with Crippen molar-refractivity contribution in [3.63, 3.8) is 0 Å². The van der Waals surface area contributed by atoms with E-state index in [0.29, 0.717) is 34.6 Å². The van der Waals surface area contributed by atoms with Crippen LogP contribution in [0.2, 0.25) is 0 Å². The molecule has 2 aromatic heterocycles. The molecule has 1 fully saturated rings. The second-order valence-electron chi connectivity index (χ2n) is 7.65. The van der Waals surface area contributed by atoms with E-state index in [0.717, 1.165) is 25.0 Å². The fraction of sp³-hybridized carbons (Fsp3) is 0.579. The third-order valence-electron chi connectivity index (χ3n) is 4.83. The van der Waals surface area contributed by atoms with Crippen LogP contribution in [0.25, 0.3) is 0 Å². The number of amides is 2. The molecule has 1 aliphatic carbocycles. The Morgan fingerprint density at radius 1 is 1.29 bits per heavy atom. The van der Waals surface area contributed by atoms with Crippen molar-refractivity contribution in [3.8, 4) is 0 Å². The van der Waals surface area contributed by atoms with Crippen LogP contribution in [0.4, 0.5) is 5.13 Å². The average Bonchev–Trinajstić information content (AvgIpc) is 3.34. The molecule has 0 saturated heterocycles. The number of hydrogen-bond acceptors (Lipinski definition) is 6. The van der Waals surface area contributed by atoms with E-state index >= 15 is 0 Å². The lowest BCUT2D eigenvalue weighted by molar-refractivity contribution is 0.0926. The fourth-order valence-electron chi connectivity index (χ4n) is 3.56. The SMILES string of the molecule is CCn1nc(CC(C)C)cc1C(=O)N[C@@H]1CC[C@H](NC(=O)c2cnc(N)s2)C1. The highest BCUT2D eigenvalue weighted by Crippen LogP contribution is 2.22. The molecule has 28 heavy (non-hydrogen) atoms. The molecule has 2 atom stereocenters. The average molecular weight is 405 g/mol. The van der Waals surface area contributed by atoms with E-state index in [1.54, 1.807) is 4.68 Å². The lowest BCUT2D eigenvalue weighted by Crippen LogP contribution is -2.37. The predicted molar refractivity (Wildman–Crippen MR) is 109 cm³/mol. The Morgan fingerprint density at radius 3 is 2.54 bits per heavy atom. The molecule has 1 aliphatic rings. The van der Waals surface area contributed by atoms with Gasteiger partial charge in [-0.05, 0) is 44.6 Å². The molecule has 0 unspecified atom stereocenters. The summed E-state index contributed by atoms with van der Waals surface area (Å²) in [6.07, 6.45) is 4.72. The van der Waals surface area contributed by atoms with Crippen LogP contribution in [0.3, 0.4) is 0 Å². The summed E-state index contributed by atoms with van der Waals surface area (Å²) in [5, 5.41) is 11.0. The number of nitrogens with one attached hydrogen (secondary N) is 2. The van der Waals surface area contributed by atoms with E-state index in [1.165, 1.54) is 17.5 Å². The molecule has 2 heterocycles. The summed E-state index contributed by atoms with van der Waals surface area (Å²) in [4.78, 5) is 29.4. The summed E-state index contributed by atoms with van der Waals surface area (Å²) in [6.45, 7) is 6.91. The zero-order valence-corrected chi connectivity index (χ0v) is 17.4. The monoisotopic (exact) mass is 404 g/mol. The maximum absolute atomic E-state index is 12.8. The quantitative estimate of drug-likeness (QED) is 0.654. The third-order valence-corrected chi connectivity index (χ3v) is 5.66. The Bertz CT molecular complexity index is 843. The number of nitrogen functional groups attached to an aromatic ring is 1. The number of anilines is 1. The molecule has 2 amide bonds. The van der Waals surface area contributed by atoms with E-state index in [-0.39, 0.29) is 23.9 Å². The summed E-state index contributed by atoms with van der Waals surface area (Å²) >= 11 is 1.17. The maximum Gasteiger partial charge on any atom is 0.269 e. The highest BCUT2D eigenvalue weighted by atomic mass is 32.1. The van der Waals surface area contributed by atoms with Crippen molar-refractivity contribution in [3.05, 3.63) is 28.5 Å². The van der Waals surface area contributed by atoms with Crippen molar-refractivity contribution < 1.29 is 9.59 Å². The molecule has 9 heteroatoms. The van der Waals surface area contributed by atoms with Crippen molar-refractivity contribution in [1.82, 2.24) is 25.4 Å². The van der Waals surface area contributed by atoms with Gasteiger partial charge in [0.1, 0.15) is 10.6 Å². The first-order chi connectivity index (χ1) is 13.4. The molecule has 0 aliphatic heterocycles. The van der Waals surface area contributed by atoms with Crippen molar-refractivity contribution in [1.29, 1.82) is 0 Å². The van der Waals surface area contributed by atoms with Crippen molar-refractivity contribution in [2.45, 2.75) is 65.1 Å². The molecule has 2 aromatic rings. The minimum atomic E-state index is -0.159. The van der Waals surface area contributed by atoms with Gasteiger partial charge in [0.25, 0.3) is 11.8 Å². The van der Waals surface area contributed by atoms with Crippen molar-refractivity contribution >= 4 is 28.3 Å². The molecule has 0 radical (unpaired) electrons. The number of nitrogens with zero attached hydrogens (tertiary/aromatic N) is 3. The van der Waals surface area contributed by atoms with Crippen LogP contribution in [0.5, 0.6) is 0 Å². The minimum Gasteiger partial charge on any atom is -0.375 e. The van der Waals surface area contributed by atoms with Crippen LogP contribution < -0.4 is 16.4 Å². The van der Waals surface area contributed by atoms with E-state index < -0.39 is 0 Å². The topological polar surface area (TPSA) is 115 Å². The Kier molecular flexibility index (Phi) is 6.33. The zero-order chi connectivity index (χ0) is 20.3. The first-order valence-corrected chi connectivity index (χ1v) is 10.6. The molecule has 3 rings (SSSR count). The van der Waals surface area contributed by atoms with Gasteiger partial charge in [0.2, 0.25) is 0 Å². The summed E-state index contributed by atoms with van der Waals surface area (Å²) in [5.74, 6) is 0.231. The Hall–Kier alpha value is -2.42. The smallest absolute Gasteiger partial charge is 0.269 e.